The fourth-order valence-corrected chi connectivity index (χ4v) is 5.30. The standard InChI is InChI=1S/C29H25NO2S/c1-3-18(2)19-11-13-20(14-12-19)30-27(31)17-33-26-16-15-22-21-7-4-5-8-23(21)29(32)25-10-6-9-24(26)28(22)25/h4-16,18H,3,17H2,1-2H3,(H,30,31)/t18-/m0/s1. The zero-order valence-corrected chi connectivity index (χ0v) is 19.5. The van der Waals surface area contributed by atoms with Gasteiger partial charge in [0.05, 0.1) is 5.75 Å². The van der Waals surface area contributed by atoms with Crippen molar-refractivity contribution in [2.24, 2.45) is 0 Å². The van der Waals surface area contributed by atoms with E-state index in [1.165, 1.54) is 17.3 Å². The molecule has 0 radical (unpaired) electrons. The fourth-order valence-electron chi connectivity index (χ4n) is 4.45. The molecule has 0 fully saturated rings. The maximum atomic E-state index is 13.1. The molecular weight excluding hydrogens is 426 g/mol. The molecule has 0 bridgehead atoms. The van der Waals surface area contributed by atoms with E-state index >= 15 is 0 Å². The van der Waals surface area contributed by atoms with E-state index in [1.54, 1.807) is 0 Å². The van der Waals surface area contributed by atoms with Gasteiger partial charge in [0.2, 0.25) is 5.91 Å². The van der Waals surface area contributed by atoms with E-state index in [0.717, 1.165) is 50.0 Å². The van der Waals surface area contributed by atoms with Crippen LogP contribution in [0.2, 0.25) is 0 Å². The summed E-state index contributed by atoms with van der Waals surface area (Å²) >= 11 is 1.50. The van der Waals surface area contributed by atoms with Crippen LogP contribution in [-0.4, -0.2) is 17.4 Å². The molecule has 0 aromatic heterocycles. The SMILES string of the molecule is CC[C@H](C)c1ccc(NC(=O)CSc2ccc3c4c(cccc24)C(=O)c2ccccc2-3)cc1. The van der Waals surface area contributed by atoms with E-state index in [2.05, 4.69) is 43.4 Å². The second kappa shape index (κ2) is 8.87. The second-order valence-corrected chi connectivity index (χ2v) is 9.50. The van der Waals surface area contributed by atoms with Crippen LogP contribution in [0.4, 0.5) is 5.69 Å². The Balaban J connectivity index is 1.37. The number of amides is 1. The lowest BCUT2D eigenvalue weighted by Crippen LogP contribution is -2.14. The van der Waals surface area contributed by atoms with Crippen molar-refractivity contribution in [3.63, 3.8) is 0 Å². The minimum absolute atomic E-state index is 0.0433. The second-order valence-electron chi connectivity index (χ2n) is 8.48. The summed E-state index contributed by atoms with van der Waals surface area (Å²) in [5, 5.41) is 4.99. The Bertz CT molecular complexity index is 1370. The maximum absolute atomic E-state index is 13.1. The van der Waals surface area contributed by atoms with Crippen molar-refractivity contribution in [3.05, 3.63) is 95.6 Å². The Morgan fingerprint density at radius 3 is 2.33 bits per heavy atom. The third-order valence-electron chi connectivity index (χ3n) is 6.44. The summed E-state index contributed by atoms with van der Waals surface area (Å²) in [6.07, 6.45) is 1.09. The molecule has 33 heavy (non-hydrogen) atoms. The van der Waals surface area contributed by atoms with Crippen molar-refractivity contribution in [1.82, 2.24) is 0 Å². The average molecular weight is 452 g/mol. The molecule has 4 heteroatoms. The molecule has 1 amide bonds. The van der Waals surface area contributed by atoms with Crippen LogP contribution < -0.4 is 5.32 Å². The summed E-state index contributed by atoms with van der Waals surface area (Å²) in [5.74, 6) is 0.829. The van der Waals surface area contributed by atoms with Crippen LogP contribution >= 0.6 is 11.8 Å². The molecule has 0 saturated heterocycles. The Hall–Kier alpha value is -3.37. The molecule has 5 rings (SSSR count). The molecule has 3 nitrogen and oxygen atoms in total. The lowest BCUT2D eigenvalue weighted by atomic mass is 9.83. The Morgan fingerprint density at radius 1 is 0.848 bits per heavy atom. The smallest absolute Gasteiger partial charge is 0.234 e. The Labute approximate surface area is 198 Å². The molecule has 1 aliphatic carbocycles. The first kappa shape index (κ1) is 21.5. The predicted octanol–water partition coefficient (Wildman–Crippen LogP) is 7.30. The highest BCUT2D eigenvalue weighted by atomic mass is 32.2. The van der Waals surface area contributed by atoms with Crippen LogP contribution in [0.5, 0.6) is 0 Å². The molecule has 4 aromatic rings. The number of rotatable bonds is 6. The largest absolute Gasteiger partial charge is 0.325 e. The van der Waals surface area contributed by atoms with Crippen LogP contribution in [0.3, 0.4) is 0 Å². The first-order valence-corrected chi connectivity index (χ1v) is 12.3. The minimum Gasteiger partial charge on any atom is -0.325 e. The molecule has 0 aliphatic heterocycles. The summed E-state index contributed by atoms with van der Waals surface area (Å²) < 4.78 is 0. The zero-order valence-electron chi connectivity index (χ0n) is 18.7. The van der Waals surface area contributed by atoms with Crippen LogP contribution in [-0.2, 0) is 4.79 Å². The van der Waals surface area contributed by atoms with Gasteiger partial charge in [0, 0.05) is 27.1 Å². The van der Waals surface area contributed by atoms with Crippen molar-refractivity contribution in [2.75, 3.05) is 11.1 Å². The molecule has 0 heterocycles. The van der Waals surface area contributed by atoms with Gasteiger partial charge >= 0.3 is 0 Å². The van der Waals surface area contributed by atoms with Crippen LogP contribution in [0, 0.1) is 0 Å². The summed E-state index contributed by atoms with van der Waals surface area (Å²) in [7, 11) is 0. The van der Waals surface area contributed by atoms with Crippen LogP contribution in [0.1, 0.15) is 47.7 Å². The highest BCUT2D eigenvalue weighted by Crippen LogP contribution is 2.42. The highest BCUT2D eigenvalue weighted by molar-refractivity contribution is 8.00. The van der Waals surface area contributed by atoms with E-state index in [1.807, 2.05) is 54.6 Å². The Morgan fingerprint density at radius 2 is 1.58 bits per heavy atom. The normalized spacial score (nSPS) is 13.0. The predicted molar refractivity (Wildman–Crippen MR) is 137 cm³/mol. The highest BCUT2D eigenvalue weighted by Gasteiger charge is 2.25. The zero-order chi connectivity index (χ0) is 22.9. The van der Waals surface area contributed by atoms with E-state index < -0.39 is 0 Å². The van der Waals surface area contributed by atoms with Crippen molar-refractivity contribution in [2.45, 2.75) is 31.1 Å². The number of thioether (sulfide) groups is 1. The summed E-state index contributed by atoms with van der Waals surface area (Å²) in [4.78, 5) is 26.7. The lowest BCUT2D eigenvalue weighted by Gasteiger charge is -2.21. The molecule has 1 aliphatic rings. The van der Waals surface area contributed by atoms with Gasteiger partial charge in [-0.2, -0.15) is 0 Å². The van der Waals surface area contributed by atoms with Gasteiger partial charge in [0.25, 0.3) is 0 Å². The number of carbonyl (C=O) groups excluding carboxylic acids is 2. The van der Waals surface area contributed by atoms with Crippen LogP contribution in [0.15, 0.2) is 83.8 Å². The van der Waals surface area contributed by atoms with Gasteiger partial charge in [0.1, 0.15) is 0 Å². The van der Waals surface area contributed by atoms with E-state index in [-0.39, 0.29) is 11.7 Å². The maximum Gasteiger partial charge on any atom is 0.234 e. The number of benzene rings is 4. The number of anilines is 1. The third kappa shape index (κ3) is 3.96. The monoisotopic (exact) mass is 451 g/mol. The number of fused-ring (bicyclic) bond motifs is 2. The van der Waals surface area contributed by atoms with Crippen molar-refractivity contribution in [1.29, 1.82) is 0 Å². The van der Waals surface area contributed by atoms with Gasteiger partial charge in [-0.25, -0.2) is 0 Å². The molecule has 1 atom stereocenters. The molecule has 164 valence electrons. The average Bonchev–Trinajstić information content (AvgIpc) is 2.86. The van der Waals surface area contributed by atoms with Gasteiger partial charge in [0.15, 0.2) is 5.78 Å². The number of hydrogen-bond donors (Lipinski definition) is 1. The molecule has 1 N–H and O–H groups in total. The summed E-state index contributed by atoms with van der Waals surface area (Å²) in [6, 6.07) is 25.9. The number of carbonyl (C=O) groups is 2. The third-order valence-corrected chi connectivity index (χ3v) is 7.52. The number of hydrogen-bond acceptors (Lipinski definition) is 3. The lowest BCUT2D eigenvalue weighted by molar-refractivity contribution is -0.113. The first-order valence-electron chi connectivity index (χ1n) is 11.3. The first-order chi connectivity index (χ1) is 16.1. The molecule has 0 saturated carbocycles. The van der Waals surface area contributed by atoms with Crippen molar-refractivity contribution >= 4 is 39.9 Å². The van der Waals surface area contributed by atoms with Gasteiger partial charge in [-0.3, -0.25) is 9.59 Å². The van der Waals surface area contributed by atoms with Gasteiger partial charge in [-0.05, 0) is 52.6 Å². The molecule has 0 spiro atoms. The Kier molecular flexibility index (Phi) is 5.77. The van der Waals surface area contributed by atoms with Gasteiger partial charge in [-0.15, -0.1) is 11.8 Å². The van der Waals surface area contributed by atoms with Crippen molar-refractivity contribution < 1.29 is 9.59 Å². The minimum atomic E-state index is -0.0433. The molecule has 4 aromatic carbocycles. The topological polar surface area (TPSA) is 46.2 Å². The van der Waals surface area contributed by atoms with Gasteiger partial charge in [-0.1, -0.05) is 74.5 Å². The van der Waals surface area contributed by atoms with Crippen LogP contribution in [0.25, 0.3) is 21.9 Å². The van der Waals surface area contributed by atoms with Crippen molar-refractivity contribution in [3.8, 4) is 11.1 Å². The van der Waals surface area contributed by atoms with E-state index in [0.29, 0.717) is 11.7 Å². The van der Waals surface area contributed by atoms with E-state index in [4.69, 9.17) is 0 Å². The molecule has 0 unspecified atom stereocenters. The van der Waals surface area contributed by atoms with E-state index in [9.17, 15) is 9.59 Å². The number of ketones is 1. The number of nitrogens with one attached hydrogen (secondary N) is 1. The molecular formula is C29H25NO2S. The van der Waals surface area contributed by atoms with Gasteiger partial charge < -0.3 is 5.32 Å². The fraction of sp³-hybridized carbons (Fsp3) is 0.172. The summed E-state index contributed by atoms with van der Waals surface area (Å²) in [6.45, 7) is 4.38. The quantitative estimate of drug-likeness (QED) is 0.276. The summed E-state index contributed by atoms with van der Waals surface area (Å²) in [5.41, 5.74) is 5.62.